The van der Waals surface area contributed by atoms with Crippen LogP contribution in [0.2, 0.25) is 0 Å². The molecule has 112 valence electrons. The fourth-order valence-electron chi connectivity index (χ4n) is 3.16. The summed E-state index contributed by atoms with van der Waals surface area (Å²) in [6.07, 6.45) is 7.46. The molecule has 1 saturated heterocycles. The first kappa shape index (κ1) is 16.7. The highest BCUT2D eigenvalue weighted by atomic mass is 35.5. The van der Waals surface area contributed by atoms with Gasteiger partial charge in [-0.2, -0.15) is 0 Å². The van der Waals surface area contributed by atoms with Gasteiger partial charge >= 0.3 is 0 Å². The average molecular weight is 291 g/mol. The molecule has 0 aromatic rings. The molecule has 0 aromatic heterocycles. The number of hydrogen-bond acceptors (Lipinski definition) is 3. The van der Waals surface area contributed by atoms with Gasteiger partial charge in [0.05, 0.1) is 0 Å². The van der Waals surface area contributed by atoms with Crippen molar-refractivity contribution < 1.29 is 9.53 Å². The lowest BCUT2D eigenvalue weighted by Gasteiger charge is -2.32. The number of amides is 1. The molecule has 3 N–H and O–H groups in total. The second-order valence-electron chi connectivity index (χ2n) is 5.71. The SMILES string of the molecule is Cl.NCC1CCCCC1NC(=O)CC1CCOCC1. The number of nitrogens with one attached hydrogen (secondary N) is 1. The van der Waals surface area contributed by atoms with E-state index in [9.17, 15) is 4.79 Å². The normalized spacial score (nSPS) is 28.5. The first-order valence-electron chi connectivity index (χ1n) is 7.36. The van der Waals surface area contributed by atoms with Gasteiger partial charge in [0.1, 0.15) is 0 Å². The number of nitrogens with two attached hydrogens (primary N) is 1. The first-order chi connectivity index (χ1) is 8.79. The molecule has 2 unspecified atom stereocenters. The molecule has 1 heterocycles. The van der Waals surface area contributed by atoms with Crippen LogP contribution in [0.25, 0.3) is 0 Å². The Morgan fingerprint density at radius 2 is 1.84 bits per heavy atom. The van der Waals surface area contributed by atoms with E-state index < -0.39 is 0 Å². The smallest absolute Gasteiger partial charge is 0.220 e. The third-order valence-corrected chi connectivity index (χ3v) is 4.37. The summed E-state index contributed by atoms with van der Waals surface area (Å²) in [6, 6.07) is 0.316. The van der Waals surface area contributed by atoms with Gasteiger partial charge in [-0.15, -0.1) is 12.4 Å². The molecule has 2 fully saturated rings. The lowest BCUT2D eigenvalue weighted by molar-refractivity contribution is -0.124. The molecular formula is C14H27ClN2O2. The maximum absolute atomic E-state index is 12.0. The van der Waals surface area contributed by atoms with Gasteiger partial charge in [-0.3, -0.25) is 4.79 Å². The Morgan fingerprint density at radius 1 is 1.16 bits per heavy atom. The molecule has 1 aliphatic heterocycles. The highest BCUT2D eigenvalue weighted by molar-refractivity contribution is 5.85. The van der Waals surface area contributed by atoms with Crippen LogP contribution in [-0.4, -0.2) is 31.7 Å². The minimum Gasteiger partial charge on any atom is -0.381 e. The van der Waals surface area contributed by atoms with E-state index in [0.29, 0.717) is 30.8 Å². The number of carbonyl (C=O) groups excluding carboxylic acids is 1. The van der Waals surface area contributed by atoms with Crippen molar-refractivity contribution in [2.75, 3.05) is 19.8 Å². The van der Waals surface area contributed by atoms with E-state index in [2.05, 4.69) is 5.32 Å². The first-order valence-corrected chi connectivity index (χ1v) is 7.36. The van der Waals surface area contributed by atoms with Crippen LogP contribution in [-0.2, 0) is 9.53 Å². The van der Waals surface area contributed by atoms with E-state index in [1.54, 1.807) is 0 Å². The summed E-state index contributed by atoms with van der Waals surface area (Å²) >= 11 is 0. The van der Waals surface area contributed by atoms with Crippen molar-refractivity contribution in [3.63, 3.8) is 0 Å². The summed E-state index contributed by atoms with van der Waals surface area (Å²) in [5.41, 5.74) is 5.79. The van der Waals surface area contributed by atoms with Crippen LogP contribution in [0.4, 0.5) is 0 Å². The zero-order chi connectivity index (χ0) is 12.8. The molecule has 4 nitrogen and oxygen atoms in total. The third kappa shape index (κ3) is 5.28. The number of ether oxygens (including phenoxy) is 1. The molecule has 1 aliphatic carbocycles. The largest absolute Gasteiger partial charge is 0.381 e. The van der Waals surface area contributed by atoms with Gasteiger partial charge in [0.2, 0.25) is 5.91 Å². The second-order valence-corrected chi connectivity index (χ2v) is 5.71. The van der Waals surface area contributed by atoms with Gasteiger partial charge in [-0.25, -0.2) is 0 Å². The van der Waals surface area contributed by atoms with Crippen LogP contribution in [0.5, 0.6) is 0 Å². The van der Waals surface area contributed by atoms with Crippen molar-refractivity contribution in [2.24, 2.45) is 17.6 Å². The van der Waals surface area contributed by atoms with Gasteiger partial charge in [-0.1, -0.05) is 12.8 Å². The van der Waals surface area contributed by atoms with Crippen molar-refractivity contribution in [3.05, 3.63) is 0 Å². The molecule has 19 heavy (non-hydrogen) atoms. The fourth-order valence-corrected chi connectivity index (χ4v) is 3.16. The van der Waals surface area contributed by atoms with Crippen LogP contribution in [0.15, 0.2) is 0 Å². The van der Waals surface area contributed by atoms with Crippen molar-refractivity contribution in [2.45, 2.75) is 51.0 Å². The Hall–Kier alpha value is -0.320. The Labute approximate surface area is 122 Å². The monoisotopic (exact) mass is 290 g/mol. The predicted octanol–water partition coefficient (Wildman–Crippen LogP) is 1.86. The van der Waals surface area contributed by atoms with Crippen LogP contribution >= 0.6 is 12.4 Å². The molecule has 2 aliphatic rings. The average Bonchev–Trinajstić information content (AvgIpc) is 2.40. The molecule has 1 saturated carbocycles. The summed E-state index contributed by atoms with van der Waals surface area (Å²) in [5.74, 6) is 1.21. The van der Waals surface area contributed by atoms with Gasteiger partial charge in [-0.05, 0) is 44.1 Å². The maximum Gasteiger partial charge on any atom is 0.220 e. The molecule has 5 heteroatoms. The summed E-state index contributed by atoms with van der Waals surface area (Å²) in [5, 5.41) is 3.21. The summed E-state index contributed by atoms with van der Waals surface area (Å²) in [7, 11) is 0. The topological polar surface area (TPSA) is 64.3 Å². The van der Waals surface area contributed by atoms with Crippen molar-refractivity contribution in [1.29, 1.82) is 0 Å². The van der Waals surface area contributed by atoms with E-state index in [4.69, 9.17) is 10.5 Å². The zero-order valence-corrected chi connectivity index (χ0v) is 12.4. The van der Waals surface area contributed by atoms with Gasteiger partial charge in [0, 0.05) is 25.7 Å². The number of halogens is 1. The molecule has 0 radical (unpaired) electrons. The second kappa shape index (κ2) is 8.77. The number of rotatable bonds is 4. The van der Waals surface area contributed by atoms with E-state index in [0.717, 1.165) is 32.5 Å². The summed E-state index contributed by atoms with van der Waals surface area (Å²) in [4.78, 5) is 12.0. The standard InChI is InChI=1S/C14H26N2O2.ClH/c15-10-12-3-1-2-4-13(12)16-14(17)9-11-5-7-18-8-6-11;/h11-13H,1-10,15H2,(H,16,17);1H. The zero-order valence-electron chi connectivity index (χ0n) is 11.6. The van der Waals surface area contributed by atoms with E-state index >= 15 is 0 Å². The fraction of sp³-hybridized carbons (Fsp3) is 0.929. The van der Waals surface area contributed by atoms with Gasteiger partial charge < -0.3 is 15.8 Å². The van der Waals surface area contributed by atoms with Crippen LogP contribution < -0.4 is 11.1 Å². The van der Waals surface area contributed by atoms with Crippen LogP contribution in [0, 0.1) is 11.8 Å². The molecule has 0 aromatic carbocycles. The van der Waals surface area contributed by atoms with Crippen molar-refractivity contribution >= 4 is 18.3 Å². The Bertz CT molecular complexity index is 270. The number of carbonyl (C=O) groups is 1. The Balaban J connectivity index is 0.00000180. The Kier molecular flexibility index (Phi) is 7.73. The lowest BCUT2D eigenvalue weighted by Crippen LogP contribution is -2.45. The van der Waals surface area contributed by atoms with Crippen LogP contribution in [0.3, 0.4) is 0 Å². The molecule has 2 atom stereocenters. The third-order valence-electron chi connectivity index (χ3n) is 4.37. The van der Waals surface area contributed by atoms with Gasteiger partial charge in [0.25, 0.3) is 0 Å². The highest BCUT2D eigenvalue weighted by Crippen LogP contribution is 2.24. The van der Waals surface area contributed by atoms with E-state index in [-0.39, 0.29) is 18.3 Å². The molecule has 0 spiro atoms. The predicted molar refractivity (Wildman–Crippen MR) is 78.4 cm³/mol. The molecule has 2 rings (SSSR count). The minimum absolute atomic E-state index is 0. The highest BCUT2D eigenvalue weighted by Gasteiger charge is 2.26. The lowest BCUT2D eigenvalue weighted by atomic mass is 9.84. The Morgan fingerprint density at radius 3 is 2.53 bits per heavy atom. The quantitative estimate of drug-likeness (QED) is 0.831. The molecule has 0 bridgehead atoms. The summed E-state index contributed by atoms with van der Waals surface area (Å²) in [6.45, 7) is 2.32. The summed E-state index contributed by atoms with van der Waals surface area (Å²) < 4.78 is 5.32. The molecular weight excluding hydrogens is 264 g/mol. The maximum atomic E-state index is 12.0. The number of hydrogen-bond donors (Lipinski definition) is 2. The molecule has 1 amide bonds. The van der Waals surface area contributed by atoms with Crippen molar-refractivity contribution in [1.82, 2.24) is 5.32 Å². The van der Waals surface area contributed by atoms with Crippen LogP contribution in [0.1, 0.15) is 44.9 Å². The van der Waals surface area contributed by atoms with E-state index in [1.807, 2.05) is 0 Å². The van der Waals surface area contributed by atoms with Crippen molar-refractivity contribution in [3.8, 4) is 0 Å². The van der Waals surface area contributed by atoms with E-state index in [1.165, 1.54) is 19.3 Å². The minimum atomic E-state index is 0. The van der Waals surface area contributed by atoms with Gasteiger partial charge in [0.15, 0.2) is 0 Å².